The number of aryl methyl sites for hydroxylation is 1. The average molecular weight is 681 g/mol. The van der Waals surface area contributed by atoms with Gasteiger partial charge < -0.3 is 33.5 Å². The summed E-state index contributed by atoms with van der Waals surface area (Å²) in [5, 5.41) is 0. The Bertz CT molecular complexity index is 1050. The van der Waals surface area contributed by atoms with E-state index in [1.165, 1.54) is 69.6 Å². The van der Waals surface area contributed by atoms with E-state index in [9.17, 15) is 9.59 Å². The second-order valence-corrected chi connectivity index (χ2v) is 11.7. The van der Waals surface area contributed by atoms with Crippen molar-refractivity contribution in [3.63, 3.8) is 0 Å². The van der Waals surface area contributed by atoms with Crippen molar-refractivity contribution in [3.05, 3.63) is 53.9 Å². The van der Waals surface area contributed by atoms with Crippen LogP contribution in [0.2, 0.25) is 0 Å². The van der Waals surface area contributed by atoms with E-state index >= 15 is 0 Å². The molecular weight excluding hydrogens is 627 g/mol. The molecule has 2 amide bonds. The fraction of sp³-hybridized carbons (Fsp3) is 0.618. The first-order valence-electron chi connectivity index (χ1n) is 15.4. The van der Waals surface area contributed by atoms with Crippen molar-refractivity contribution >= 4 is 11.8 Å². The Hall–Kier alpha value is -2.16. The zero-order chi connectivity index (χ0) is 29.4. The second kappa shape index (κ2) is 19.9. The monoisotopic (exact) mass is 680 g/mol. The van der Waals surface area contributed by atoms with Crippen molar-refractivity contribution in [2.75, 3.05) is 13.2 Å². The molecule has 0 N–H and O–H groups in total. The van der Waals surface area contributed by atoms with Crippen LogP contribution in [0, 0.1) is 0 Å². The molecule has 0 saturated carbocycles. The van der Waals surface area contributed by atoms with Crippen LogP contribution in [0.5, 0.6) is 11.5 Å². The molecule has 0 aliphatic heterocycles. The summed E-state index contributed by atoms with van der Waals surface area (Å²) in [7, 11) is 0. The fourth-order valence-corrected chi connectivity index (χ4v) is 4.81. The topological polar surface area (TPSA) is 59.7 Å². The van der Waals surface area contributed by atoms with Crippen LogP contribution in [0.25, 0.3) is 0 Å². The molecule has 2 rings (SSSR count). The van der Waals surface area contributed by atoms with E-state index in [1.807, 2.05) is 54.1 Å². The van der Waals surface area contributed by atoms with Gasteiger partial charge in [-0.15, -0.1) is 0 Å². The number of halogens is 1. The predicted octanol–water partition coefficient (Wildman–Crippen LogP) is 4.55. The van der Waals surface area contributed by atoms with Gasteiger partial charge >= 0.3 is 0 Å². The molecule has 0 fully saturated rings. The number of unbranched alkanes of at least 4 members (excludes halogenated alkanes) is 9. The highest BCUT2D eigenvalue weighted by Gasteiger charge is 2.24. The molecule has 230 valence electrons. The number of imide groups is 1. The van der Waals surface area contributed by atoms with Gasteiger partial charge in [0, 0.05) is 24.6 Å². The van der Waals surface area contributed by atoms with Gasteiger partial charge in [-0.1, -0.05) is 91.5 Å². The van der Waals surface area contributed by atoms with Gasteiger partial charge in [0.25, 0.3) is 5.91 Å². The van der Waals surface area contributed by atoms with Crippen molar-refractivity contribution in [2.45, 2.75) is 124 Å². The van der Waals surface area contributed by atoms with Crippen LogP contribution in [0.4, 0.5) is 0 Å². The third kappa shape index (κ3) is 13.6. The predicted molar refractivity (Wildman–Crippen MR) is 162 cm³/mol. The number of ether oxygens (including phenoxy) is 2. The standard InChI is InChI=1S/C34H53N2O4.HI/c1-7-9-10-11-12-13-14-15-16-19-24-39-32-22-21-30(25-31(32)34(4,5)6)40-27-33(38)36(28(3)37)26-29-20-17-18-23-35(29)8-2;/h17-18,20-23,25H,7-16,19,24,26-27H2,1-6H3;1H/q+1;/p-1. The molecular formula is C34H53IN2O4. The summed E-state index contributed by atoms with van der Waals surface area (Å²) in [5.41, 5.74) is 1.79. The summed E-state index contributed by atoms with van der Waals surface area (Å²) in [5.74, 6) is 0.792. The summed E-state index contributed by atoms with van der Waals surface area (Å²) in [6.45, 7) is 13.6. The number of hydrogen-bond acceptors (Lipinski definition) is 4. The van der Waals surface area contributed by atoms with Crippen LogP contribution in [0.15, 0.2) is 42.6 Å². The fourth-order valence-electron chi connectivity index (χ4n) is 4.81. The van der Waals surface area contributed by atoms with Crippen LogP contribution in [-0.2, 0) is 28.1 Å². The molecule has 0 radical (unpaired) electrons. The molecule has 41 heavy (non-hydrogen) atoms. The number of benzene rings is 1. The van der Waals surface area contributed by atoms with Crippen LogP contribution in [0.3, 0.4) is 0 Å². The van der Waals surface area contributed by atoms with Crippen molar-refractivity contribution in [1.29, 1.82) is 0 Å². The molecule has 6 nitrogen and oxygen atoms in total. The second-order valence-electron chi connectivity index (χ2n) is 11.7. The van der Waals surface area contributed by atoms with E-state index in [0.29, 0.717) is 12.4 Å². The molecule has 0 saturated heterocycles. The Morgan fingerprint density at radius 2 is 1.49 bits per heavy atom. The Morgan fingerprint density at radius 1 is 0.854 bits per heavy atom. The number of aromatic nitrogens is 1. The summed E-state index contributed by atoms with van der Waals surface area (Å²) in [6, 6.07) is 11.5. The number of amides is 2. The zero-order valence-electron chi connectivity index (χ0n) is 26.3. The molecule has 1 aromatic heterocycles. The van der Waals surface area contributed by atoms with E-state index in [-0.39, 0.29) is 54.4 Å². The molecule has 0 unspecified atom stereocenters. The molecule has 0 spiro atoms. The van der Waals surface area contributed by atoms with Gasteiger partial charge in [0.15, 0.2) is 12.8 Å². The molecule has 0 aliphatic rings. The first kappa shape index (κ1) is 36.9. The van der Waals surface area contributed by atoms with Crippen LogP contribution in [-0.4, -0.2) is 29.9 Å². The van der Waals surface area contributed by atoms with Gasteiger partial charge in [-0.2, -0.15) is 0 Å². The summed E-state index contributed by atoms with van der Waals surface area (Å²) >= 11 is 0. The maximum Gasteiger partial charge on any atom is 0.267 e. The lowest BCUT2D eigenvalue weighted by Crippen LogP contribution is -3.00. The van der Waals surface area contributed by atoms with E-state index in [0.717, 1.165) is 30.0 Å². The van der Waals surface area contributed by atoms with Gasteiger partial charge in [-0.3, -0.25) is 14.5 Å². The largest absolute Gasteiger partial charge is 1.00 e. The summed E-state index contributed by atoms with van der Waals surface area (Å²) in [4.78, 5) is 26.5. The number of hydrogen-bond donors (Lipinski definition) is 0. The highest BCUT2D eigenvalue weighted by Crippen LogP contribution is 2.34. The minimum Gasteiger partial charge on any atom is -1.00 e. The van der Waals surface area contributed by atoms with Crippen LogP contribution < -0.4 is 38.0 Å². The van der Waals surface area contributed by atoms with Gasteiger partial charge in [-0.25, -0.2) is 4.57 Å². The lowest BCUT2D eigenvalue weighted by Gasteiger charge is -2.24. The molecule has 0 aliphatic carbocycles. The number of rotatable bonds is 18. The minimum atomic E-state index is -0.363. The van der Waals surface area contributed by atoms with E-state index in [2.05, 4.69) is 27.7 Å². The lowest BCUT2D eigenvalue weighted by molar-refractivity contribution is -0.701. The number of nitrogens with zero attached hydrogens (tertiary/aromatic N) is 2. The van der Waals surface area contributed by atoms with Crippen molar-refractivity contribution in [1.82, 2.24) is 4.90 Å². The first-order valence-corrected chi connectivity index (χ1v) is 15.4. The first-order chi connectivity index (χ1) is 19.2. The number of carbonyl (C=O) groups excluding carboxylic acids is 2. The van der Waals surface area contributed by atoms with E-state index in [1.54, 1.807) is 0 Å². The van der Waals surface area contributed by atoms with Crippen LogP contribution in [0.1, 0.15) is 117 Å². The molecule has 7 heteroatoms. The number of pyridine rings is 1. The normalized spacial score (nSPS) is 11.1. The van der Waals surface area contributed by atoms with Gasteiger partial charge in [0.1, 0.15) is 24.6 Å². The van der Waals surface area contributed by atoms with Gasteiger partial charge in [0.2, 0.25) is 11.6 Å². The zero-order valence-corrected chi connectivity index (χ0v) is 28.5. The highest BCUT2D eigenvalue weighted by atomic mass is 127. The van der Waals surface area contributed by atoms with E-state index < -0.39 is 0 Å². The Labute approximate surface area is 266 Å². The van der Waals surface area contributed by atoms with Crippen molar-refractivity contribution in [3.8, 4) is 11.5 Å². The lowest BCUT2D eigenvalue weighted by atomic mass is 9.86. The smallest absolute Gasteiger partial charge is 0.267 e. The van der Waals surface area contributed by atoms with Crippen molar-refractivity contribution < 1.29 is 47.6 Å². The number of carbonyl (C=O) groups is 2. The average Bonchev–Trinajstić information content (AvgIpc) is 2.93. The minimum absolute atomic E-state index is 0. The molecule has 0 atom stereocenters. The third-order valence-electron chi connectivity index (χ3n) is 7.25. The van der Waals surface area contributed by atoms with Crippen molar-refractivity contribution in [2.24, 2.45) is 0 Å². The molecule has 0 bridgehead atoms. The third-order valence-corrected chi connectivity index (χ3v) is 7.25. The molecule has 1 aromatic carbocycles. The molecule has 2 aromatic rings. The van der Waals surface area contributed by atoms with Crippen LogP contribution >= 0.6 is 0 Å². The van der Waals surface area contributed by atoms with E-state index in [4.69, 9.17) is 9.47 Å². The maximum absolute atomic E-state index is 13.0. The van der Waals surface area contributed by atoms with Gasteiger partial charge in [0.05, 0.1) is 6.61 Å². The Balaban J connectivity index is 0.00000840. The summed E-state index contributed by atoms with van der Waals surface area (Å²) in [6.07, 6.45) is 14.9. The SMILES string of the molecule is CCCCCCCCCCCCOc1ccc(OCC(=O)N(Cc2cccc[n+]2CC)C(C)=O)cc1C(C)(C)C.[I-]. The quantitative estimate of drug-likeness (QED) is 0.132. The molecule has 1 heterocycles. The highest BCUT2D eigenvalue weighted by molar-refractivity contribution is 5.94. The van der Waals surface area contributed by atoms with Gasteiger partial charge in [-0.05, 0) is 37.0 Å². The maximum atomic E-state index is 13.0. The Kier molecular flexibility index (Phi) is 17.9. The summed E-state index contributed by atoms with van der Waals surface area (Å²) < 4.78 is 14.1. The Morgan fingerprint density at radius 3 is 2.07 bits per heavy atom.